The van der Waals surface area contributed by atoms with Gasteiger partial charge in [-0.2, -0.15) is 0 Å². The van der Waals surface area contributed by atoms with Crippen LogP contribution < -0.4 is 9.80 Å². The molecular formula is C32H25BrN2O4. The number of aryl methyl sites for hydroxylation is 2. The lowest BCUT2D eigenvalue weighted by Gasteiger charge is -2.53. The van der Waals surface area contributed by atoms with Crippen LogP contribution in [0.5, 0.6) is 0 Å². The Balaban J connectivity index is 1.45. The Labute approximate surface area is 234 Å². The van der Waals surface area contributed by atoms with Gasteiger partial charge >= 0.3 is 0 Å². The number of anilines is 2. The summed E-state index contributed by atoms with van der Waals surface area (Å²) in [7, 11) is 0. The van der Waals surface area contributed by atoms with E-state index in [4.69, 9.17) is 0 Å². The molecule has 194 valence electrons. The van der Waals surface area contributed by atoms with E-state index in [1.165, 1.54) is 9.80 Å². The Kier molecular flexibility index (Phi) is 5.17. The average molecular weight is 581 g/mol. The molecule has 2 heterocycles. The number of para-hydroxylation sites is 2. The van der Waals surface area contributed by atoms with Crippen LogP contribution in [0.15, 0.2) is 89.4 Å². The molecule has 0 N–H and O–H groups in total. The predicted octanol–water partition coefficient (Wildman–Crippen LogP) is 5.11. The number of allylic oxidation sites excluding steroid dienone is 2. The number of halogens is 1. The van der Waals surface area contributed by atoms with E-state index >= 15 is 0 Å². The van der Waals surface area contributed by atoms with E-state index in [-0.39, 0.29) is 23.6 Å². The molecule has 2 bridgehead atoms. The Hall–Kier alpha value is -3.84. The van der Waals surface area contributed by atoms with Gasteiger partial charge in [-0.3, -0.25) is 19.2 Å². The van der Waals surface area contributed by atoms with Gasteiger partial charge in [0.25, 0.3) is 0 Å². The zero-order valence-corrected chi connectivity index (χ0v) is 23.0. The first-order chi connectivity index (χ1) is 18.8. The standard InChI is InChI=1S/C32H25BrN2O4/c1-17-7-3-5-9-22(17)34-28(36)24-21-15-16-32(26(24)30(34)38,19-11-13-20(33)14-12-19)27-25(21)29(37)35(31(27)39)23-10-6-4-8-18(23)2/h3-16,21,24-27H,1-2H3/t21?,24-,25+,26+,27?,32?/m0/s1. The molecule has 2 saturated heterocycles. The van der Waals surface area contributed by atoms with Gasteiger partial charge in [0.1, 0.15) is 0 Å². The summed E-state index contributed by atoms with van der Waals surface area (Å²) in [6.45, 7) is 3.74. The number of benzene rings is 3. The summed E-state index contributed by atoms with van der Waals surface area (Å²) < 4.78 is 0.856. The van der Waals surface area contributed by atoms with Gasteiger partial charge in [-0.1, -0.05) is 76.6 Å². The van der Waals surface area contributed by atoms with E-state index in [0.717, 1.165) is 21.2 Å². The average Bonchev–Trinajstić information content (AvgIpc) is 3.37. The summed E-state index contributed by atoms with van der Waals surface area (Å²) in [5, 5.41) is 0. The predicted molar refractivity (Wildman–Crippen MR) is 150 cm³/mol. The second-order valence-electron chi connectivity index (χ2n) is 11.0. The molecule has 0 spiro atoms. The molecule has 3 unspecified atom stereocenters. The SMILES string of the molecule is Cc1ccccc1N1C(=O)C2[C@H](C1=O)C1C=CC2(c2ccc(Br)cc2)[C@H]2C(=O)N(c3ccccc3C)C(=O)[C@@H]12. The maximum Gasteiger partial charge on any atom is 0.238 e. The Bertz CT molecular complexity index is 1540. The second kappa shape index (κ2) is 8.33. The molecule has 3 aliphatic carbocycles. The van der Waals surface area contributed by atoms with Crippen molar-refractivity contribution in [3.63, 3.8) is 0 Å². The summed E-state index contributed by atoms with van der Waals surface area (Å²) in [4.78, 5) is 59.7. The zero-order chi connectivity index (χ0) is 27.2. The van der Waals surface area contributed by atoms with Crippen molar-refractivity contribution in [2.45, 2.75) is 19.3 Å². The monoisotopic (exact) mass is 580 g/mol. The van der Waals surface area contributed by atoms with Gasteiger partial charge in [0.15, 0.2) is 0 Å². The van der Waals surface area contributed by atoms with Crippen LogP contribution in [0.1, 0.15) is 16.7 Å². The van der Waals surface area contributed by atoms with E-state index in [1.54, 1.807) is 12.1 Å². The van der Waals surface area contributed by atoms with Gasteiger partial charge in [-0.25, -0.2) is 9.80 Å². The van der Waals surface area contributed by atoms with E-state index < -0.39 is 35.0 Å². The van der Waals surface area contributed by atoms with Crippen molar-refractivity contribution in [3.8, 4) is 0 Å². The second-order valence-corrected chi connectivity index (χ2v) is 11.9. The molecule has 2 aliphatic heterocycles. The third-order valence-electron chi connectivity index (χ3n) is 9.21. The highest BCUT2D eigenvalue weighted by Gasteiger charge is 2.75. The van der Waals surface area contributed by atoms with Gasteiger partial charge in [0, 0.05) is 15.8 Å². The van der Waals surface area contributed by atoms with Crippen LogP contribution in [-0.2, 0) is 24.6 Å². The molecule has 5 aliphatic rings. The number of carbonyl (C=O) groups is 4. The van der Waals surface area contributed by atoms with Crippen molar-refractivity contribution in [1.82, 2.24) is 0 Å². The highest BCUT2D eigenvalue weighted by molar-refractivity contribution is 9.10. The summed E-state index contributed by atoms with van der Waals surface area (Å²) in [5.41, 5.74) is 2.35. The van der Waals surface area contributed by atoms with Crippen LogP contribution in [0.2, 0.25) is 0 Å². The molecule has 39 heavy (non-hydrogen) atoms. The third kappa shape index (κ3) is 3.02. The minimum absolute atomic E-state index is 0.303. The molecule has 8 rings (SSSR count). The summed E-state index contributed by atoms with van der Waals surface area (Å²) in [6.07, 6.45) is 3.87. The number of nitrogens with zero attached hydrogens (tertiary/aromatic N) is 2. The van der Waals surface area contributed by atoms with Crippen LogP contribution in [0.4, 0.5) is 11.4 Å². The van der Waals surface area contributed by atoms with Crippen LogP contribution >= 0.6 is 15.9 Å². The van der Waals surface area contributed by atoms with E-state index in [0.29, 0.717) is 11.4 Å². The number of carbonyl (C=O) groups excluding carboxylic acids is 4. The minimum Gasteiger partial charge on any atom is -0.274 e. The Morgan fingerprint density at radius 3 is 1.56 bits per heavy atom. The number of hydrogen-bond acceptors (Lipinski definition) is 4. The fourth-order valence-electron chi connectivity index (χ4n) is 7.59. The lowest BCUT2D eigenvalue weighted by atomic mass is 9.45. The quantitative estimate of drug-likeness (QED) is 0.318. The Morgan fingerprint density at radius 1 is 0.641 bits per heavy atom. The lowest BCUT2D eigenvalue weighted by molar-refractivity contribution is -0.140. The zero-order valence-electron chi connectivity index (χ0n) is 21.4. The fourth-order valence-corrected chi connectivity index (χ4v) is 7.86. The molecule has 0 aromatic heterocycles. The number of rotatable bonds is 3. The van der Waals surface area contributed by atoms with E-state index in [1.807, 2.05) is 86.7 Å². The number of hydrogen-bond donors (Lipinski definition) is 0. The third-order valence-corrected chi connectivity index (χ3v) is 9.74. The van der Waals surface area contributed by atoms with Crippen molar-refractivity contribution in [1.29, 1.82) is 0 Å². The molecule has 7 heteroatoms. The molecule has 3 aromatic rings. The lowest BCUT2D eigenvalue weighted by Crippen LogP contribution is -2.60. The molecule has 6 nitrogen and oxygen atoms in total. The van der Waals surface area contributed by atoms with Gasteiger partial charge in [0.2, 0.25) is 23.6 Å². The molecule has 3 aromatic carbocycles. The minimum atomic E-state index is -1.14. The molecule has 1 saturated carbocycles. The normalized spacial score (nSPS) is 30.8. The summed E-state index contributed by atoms with van der Waals surface area (Å²) >= 11 is 3.49. The van der Waals surface area contributed by atoms with Crippen molar-refractivity contribution < 1.29 is 19.2 Å². The van der Waals surface area contributed by atoms with E-state index in [2.05, 4.69) is 15.9 Å². The molecule has 3 fully saturated rings. The van der Waals surface area contributed by atoms with Gasteiger partial charge in [0.05, 0.1) is 35.0 Å². The van der Waals surface area contributed by atoms with Crippen molar-refractivity contribution in [3.05, 3.63) is 106 Å². The van der Waals surface area contributed by atoms with Crippen molar-refractivity contribution >= 4 is 50.9 Å². The molecule has 4 amide bonds. The maximum absolute atomic E-state index is 14.4. The van der Waals surface area contributed by atoms with Gasteiger partial charge < -0.3 is 0 Å². The largest absolute Gasteiger partial charge is 0.274 e. The van der Waals surface area contributed by atoms with Crippen LogP contribution in [0.25, 0.3) is 0 Å². The molecule has 6 atom stereocenters. The maximum atomic E-state index is 14.4. The van der Waals surface area contributed by atoms with Crippen LogP contribution in [0.3, 0.4) is 0 Å². The first-order valence-electron chi connectivity index (χ1n) is 13.1. The van der Waals surface area contributed by atoms with Gasteiger partial charge in [-0.15, -0.1) is 0 Å². The molecular weight excluding hydrogens is 556 g/mol. The number of amides is 4. The highest BCUT2D eigenvalue weighted by atomic mass is 79.9. The first kappa shape index (κ1) is 24.2. The van der Waals surface area contributed by atoms with Crippen molar-refractivity contribution in [2.75, 3.05) is 9.80 Å². The summed E-state index contributed by atoms with van der Waals surface area (Å²) in [5.74, 6) is -4.85. The van der Waals surface area contributed by atoms with Crippen molar-refractivity contribution in [2.24, 2.45) is 29.6 Å². The van der Waals surface area contributed by atoms with Gasteiger partial charge in [-0.05, 0) is 54.8 Å². The smallest absolute Gasteiger partial charge is 0.238 e. The molecule has 0 radical (unpaired) electrons. The topological polar surface area (TPSA) is 74.8 Å². The highest BCUT2D eigenvalue weighted by Crippen LogP contribution is 2.65. The number of imide groups is 2. The first-order valence-corrected chi connectivity index (χ1v) is 13.9. The summed E-state index contributed by atoms with van der Waals surface area (Å²) in [6, 6.07) is 22.2. The fraction of sp³-hybridized carbons (Fsp3) is 0.250. The van der Waals surface area contributed by atoms with E-state index in [9.17, 15) is 19.2 Å². The van der Waals surface area contributed by atoms with Crippen LogP contribution in [0, 0.1) is 43.4 Å². The van der Waals surface area contributed by atoms with Crippen LogP contribution in [-0.4, -0.2) is 23.6 Å². The Morgan fingerprint density at radius 2 is 1.10 bits per heavy atom.